The molecular formula is C30H38N2O2. The molecule has 1 saturated heterocycles. The fourth-order valence-corrected chi connectivity index (χ4v) is 4.59. The standard InChI is InChI=1S/C30H38N2O2/c1-24(2)17-20-32(27-11-15-30(16-12-27)34-23-26-7-5-4-6-8-26)28-18-19-31(22-28)21-25-9-13-29(33-3)14-10-25/h4-16,24,28H,17-23H2,1-3H3. The van der Waals surface area contributed by atoms with Gasteiger partial charge in [0.05, 0.1) is 7.11 Å². The van der Waals surface area contributed by atoms with Gasteiger partial charge in [-0.05, 0) is 66.3 Å². The van der Waals surface area contributed by atoms with Crippen LogP contribution >= 0.6 is 0 Å². The van der Waals surface area contributed by atoms with Gasteiger partial charge in [0.15, 0.2) is 0 Å². The second-order valence-electron chi connectivity index (χ2n) is 9.67. The summed E-state index contributed by atoms with van der Waals surface area (Å²) in [7, 11) is 1.72. The van der Waals surface area contributed by atoms with Crippen LogP contribution in [0.5, 0.6) is 11.5 Å². The lowest BCUT2D eigenvalue weighted by atomic mass is 10.1. The molecule has 0 aliphatic carbocycles. The Morgan fingerprint density at radius 1 is 0.882 bits per heavy atom. The highest BCUT2D eigenvalue weighted by atomic mass is 16.5. The van der Waals surface area contributed by atoms with Gasteiger partial charge in [-0.25, -0.2) is 0 Å². The van der Waals surface area contributed by atoms with Crippen LogP contribution in [0.3, 0.4) is 0 Å². The van der Waals surface area contributed by atoms with E-state index in [1.165, 1.54) is 29.7 Å². The van der Waals surface area contributed by atoms with E-state index in [0.29, 0.717) is 18.6 Å². The van der Waals surface area contributed by atoms with Crippen molar-refractivity contribution in [2.45, 2.75) is 45.9 Å². The van der Waals surface area contributed by atoms with Crippen molar-refractivity contribution in [1.82, 2.24) is 4.90 Å². The molecule has 34 heavy (non-hydrogen) atoms. The maximum Gasteiger partial charge on any atom is 0.119 e. The first-order chi connectivity index (χ1) is 16.6. The van der Waals surface area contributed by atoms with Crippen LogP contribution in [0.1, 0.15) is 37.8 Å². The van der Waals surface area contributed by atoms with E-state index in [1.54, 1.807) is 7.11 Å². The molecule has 0 amide bonds. The second-order valence-corrected chi connectivity index (χ2v) is 9.67. The zero-order valence-corrected chi connectivity index (χ0v) is 20.8. The smallest absolute Gasteiger partial charge is 0.119 e. The molecule has 180 valence electrons. The van der Waals surface area contributed by atoms with Crippen LogP contribution in [-0.2, 0) is 13.2 Å². The van der Waals surface area contributed by atoms with Crippen molar-refractivity contribution < 1.29 is 9.47 Å². The Bertz CT molecular complexity index is 987. The number of anilines is 1. The molecule has 3 aromatic rings. The Balaban J connectivity index is 1.38. The molecule has 0 spiro atoms. The third-order valence-electron chi connectivity index (χ3n) is 6.62. The van der Waals surface area contributed by atoms with Crippen LogP contribution in [0.25, 0.3) is 0 Å². The zero-order valence-electron chi connectivity index (χ0n) is 20.8. The SMILES string of the molecule is COc1ccc(CN2CCC(N(CCC(C)C)c3ccc(OCc4ccccc4)cc3)C2)cc1. The fourth-order valence-electron chi connectivity index (χ4n) is 4.59. The van der Waals surface area contributed by atoms with E-state index in [1.807, 2.05) is 18.2 Å². The lowest BCUT2D eigenvalue weighted by molar-refractivity contribution is 0.306. The van der Waals surface area contributed by atoms with E-state index in [-0.39, 0.29) is 0 Å². The second kappa shape index (κ2) is 11.9. The van der Waals surface area contributed by atoms with E-state index in [2.05, 4.69) is 84.3 Å². The van der Waals surface area contributed by atoms with E-state index >= 15 is 0 Å². The molecule has 4 rings (SSSR count). The Morgan fingerprint density at radius 3 is 2.26 bits per heavy atom. The molecule has 0 aromatic heterocycles. The largest absolute Gasteiger partial charge is 0.497 e. The molecule has 1 unspecified atom stereocenters. The van der Waals surface area contributed by atoms with Gasteiger partial charge in [0.1, 0.15) is 18.1 Å². The summed E-state index contributed by atoms with van der Waals surface area (Å²) in [5.74, 6) is 2.52. The van der Waals surface area contributed by atoms with Crippen molar-refractivity contribution in [2.24, 2.45) is 5.92 Å². The lowest BCUT2D eigenvalue weighted by Gasteiger charge is -2.32. The third kappa shape index (κ3) is 6.77. The number of likely N-dealkylation sites (tertiary alicyclic amines) is 1. The molecule has 1 aliphatic heterocycles. The summed E-state index contributed by atoms with van der Waals surface area (Å²) >= 11 is 0. The van der Waals surface area contributed by atoms with Crippen LogP contribution < -0.4 is 14.4 Å². The van der Waals surface area contributed by atoms with Crippen molar-refractivity contribution in [3.8, 4) is 11.5 Å². The third-order valence-corrected chi connectivity index (χ3v) is 6.62. The van der Waals surface area contributed by atoms with Gasteiger partial charge >= 0.3 is 0 Å². The predicted octanol–water partition coefficient (Wildman–Crippen LogP) is 6.40. The Kier molecular flexibility index (Phi) is 8.48. The molecule has 0 radical (unpaired) electrons. The van der Waals surface area contributed by atoms with E-state index in [0.717, 1.165) is 37.7 Å². The normalized spacial score (nSPS) is 16.1. The number of benzene rings is 3. The number of nitrogens with zero attached hydrogens (tertiary/aromatic N) is 2. The maximum absolute atomic E-state index is 6.01. The van der Waals surface area contributed by atoms with Gasteiger partial charge in [0.25, 0.3) is 0 Å². The van der Waals surface area contributed by atoms with E-state index < -0.39 is 0 Å². The maximum atomic E-state index is 6.01. The Morgan fingerprint density at radius 2 is 1.59 bits per heavy atom. The molecule has 4 heteroatoms. The summed E-state index contributed by atoms with van der Waals surface area (Å²) in [6.45, 7) is 9.52. The van der Waals surface area contributed by atoms with Crippen molar-refractivity contribution in [3.05, 3.63) is 90.0 Å². The quantitative estimate of drug-likeness (QED) is 0.332. The summed E-state index contributed by atoms with van der Waals surface area (Å²) in [4.78, 5) is 5.20. The average molecular weight is 459 g/mol. The summed E-state index contributed by atoms with van der Waals surface area (Å²) in [6, 6.07) is 28.0. The van der Waals surface area contributed by atoms with Gasteiger partial charge in [-0.15, -0.1) is 0 Å². The van der Waals surface area contributed by atoms with Crippen molar-refractivity contribution in [2.75, 3.05) is 31.6 Å². The highest BCUT2D eigenvalue weighted by molar-refractivity contribution is 5.50. The molecule has 0 N–H and O–H groups in total. The summed E-state index contributed by atoms with van der Waals surface area (Å²) in [6.07, 6.45) is 2.39. The van der Waals surface area contributed by atoms with Gasteiger partial charge in [-0.3, -0.25) is 4.90 Å². The molecular weight excluding hydrogens is 420 g/mol. The molecule has 3 aromatic carbocycles. The minimum Gasteiger partial charge on any atom is -0.497 e. The van der Waals surface area contributed by atoms with Crippen molar-refractivity contribution in [3.63, 3.8) is 0 Å². The van der Waals surface area contributed by atoms with Crippen LogP contribution in [-0.4, -0.2) is 37.7 Å². The molecule has 1 atom stereocenters. The first-order valence-electron chi connectivity index (χ1n) is 12.5. The highest BCUT2D eigenvalue weighted by Gasteiger charge is 2.28. The number of methoxy groups -OCH3 is 1. The van der Waals surface area contributed by atoms with Crippen LogP contribution in [0.4, 0.5) is 5.69 Å². The van der Waals surface area contributed by atoms with Crippen LogP contribution in [0, 0.1) is 5.92 Å². The van der Waals surface area contributed by atoms with E-state index in [4.69, 9.17) is 9.47 Å². The predicted molar refractivity (Wildman–Crippen MR) is 141 cm³/mol. The Labute approximate surface area is 205 Å². The van der Waals surface area contributed by atoms with Gasteiger partial charge in [0.2, 0.25) is 0 Å². The molecule has 0 bridgehead atoms. The number of ether oxygens (including phenoxy) is 2. The first kappa shape index (κ1) is 24.2. The molecule has 4 nitrogen and oxygen atoms in total. The van der Waals surface area contributed by atoms with Crippen molar-refractivity contribution >= 4 is 5.69 Å². The minimum absolute atomic E-state index is 0.535. The van der Waals surface area contributed by atoms with Gasteiger partial charge < -0.3 is 14.4 Å². The monoisotopic (exact) mass is 458 g/mol. The zero-order chi connectivity index (χ0) is 23.8. The molecule has 0 saturated carbocycles. The number of hydrogen-bond acceptors (Lipinski definition) is 4. The van der Waals surface area contributed by atoms with Crippen LogP contribution in [0.15, 0.2) is 78.9 Å². The molecule has 1 fully saturated rings. The summed E-state index contributed by atoms with van der Waals surface area (Å²) in [5, 5.41) is 0. The minimum atomic E-state index is 0.535. The van der Waals surface area contributed by atoms with Crippen molar-refractivity contribution in [1.29, 1.82) is 0 Å². The average Bonchev–Trinajstić information content (AvgIpc) is 3.32. The highest BCUT2D eigenvalue weighted by Crippen LogP contribution is 2.27. The Hall–Kier alpha value is -2.98. The molecule has 1 heterocycles. The number of rotatable bonds is 11. The van der Waals surface area contributed by atoms with Gasteiger partial charge in [-0.1, -0.05) is 56.3 Å². The summed E-state index contributed by atoms with van der Waals surface area (Å²) in [5.41, 5.74) is 3.83. The topological polar surface area (TPSA) is 24.9 Å². The number of hydrogen-bond donors (Lipinski definition) is 0. The first-order valence-corrected chi connectivity index (χ1v) is 12.5. The van der Waals surface area contributed by atoms with Gasteiger partial charge in [-0.2, -0.15) is 0 Å². The van der Waals surface area contributed by atoms with E-state index in [9.17, 15) is 0 Å². The van der Waals surface area contributed by atoms with Gasteiger partial charge in [0, 0.05) is 37.9 Å². The molecule has 1 aliphatic rings. The van der Waals surface area contributed by atoms with Crippen LogP contribution in [0.2, 0.25) is 0 Å². The summed E-state index contributed by atoms with van der Waals surface area (Å²) < 4.78 is 11.3. The fraction of sp³-hybridized carbons (Fsp3) is 0.400. The lowest BCUT2D eigenvalue weighted by Crippen LogP contribution is -2.38.